The highest BCUT2D eigenvalue weighted by atomic mass is 19.1. The summed E-state index contributed by atoms with van der Waals surface area (Å²) in [6, 6.07) is 6.17. The Labute approximate surface area is 59.0 Å². The van der Waals surface area contributed by atoms with E-state index in [4.69, 9.17) is 5.41 Å². The minimum absolute atomic E-state index is 0.228. The van der Waals surface area contributed by atoms with E-state index in [-0.39, 0.29) is 5.82 Å². The molecule has 1 rings (SSSR count). The van der Waals surface area contributed by atoms with Crippen LogP contribution in [0, 0.1) is 11.2 Å². The van der Waals surface area contributed by atoms with Gasteiger partial charge in [0.25, 0.3) is 0 Å². The van der Waals surface area contributed by atoms with Gasteiger partial charge in [-0.2, -0.15) is 0 Å². The van der Waals surface area contributed by atoms with E-state index >= 15 is 0 Å². The van der Waals surface area contributed by atoms with E-state index in [9.17, 15) is 4.39 Å². The number of hydrogen-bond acceptors (Lipinski definition) is 1. The summed E-state index contributed by atoms with van der Waals surface area (Å²) >= 11 is 0. The van der Waals surface area contributed by atoms with Crippen LogP contribution >= 0.6 is 0 Å². The summed E-state index contributed by atoms with van der Waals surface area (Å²) in [4.78, 5) is 0. The Hall–Kier alpha value is -1.18. The lowest BCUT2D eigenvalue weighted by Gasteiger charge is -1.92. The fourth-order valence-corrected chi connectivity index (χ4v) is 0.738. The molecule has 1 aromatic carbocycles. The van der Waals surface area contributed by atoms with E-state index in [0.29, 0.717) is 6.42 Å². The second-order valence-corrected chi connectivity index (χ2v) is 2.03. The number of halogens is 1. The molecule has 0 amide bonds. The summed E-state index contributed by atoms with van der Waals surface area (Å²) in [6.45, 7) is 0. The van der Waals surface area contributed by atoms with Gasteiger partial charge >= 0.3 is 0 Å². The highest BCUT2D eigenvalue weighted by Crippen LogP contribution is 2.01. The van der Waals surface area contributed by atoms with Crippen molar-refractivity contribution in [2.24, 2.45) is 0 Å². The van der Waals surface area contributed by atoms with E-state index in [1.807, 2.05) is 0 Å². The van der Waals surface area contributed by atoms with Crippen LogP contribution in [-0.2, 0) is 6.42 Å². The summed E-state index contributed by atoms with van der Waals surface area (Å²) in [7, 11) is 0. The average molecular weight is 137 g/mol. The lowest BCUT2D eigenvalue weighted by atomic mass is 10.2. The predicted octanol–water partition coefficient (Wildman–Crippen LogP) is 2.02. The third kappa shape index (κ3) is 1.65. The monoisotopic (exact) mass is 137 g/mol. The van der Waals surface area contributed by atoms with E-state index in [1.54, 1.807) is 12.1 Å². The van der Waals surface area contributed by atoms with Gasteiger partial charge in [0, 0.05) is 6.42 Å². The molecule has 0 aliphatic heterocycles. The zero-order chi connectivity index (χ0) is 7.40. The van der Waals surface area contributed by atoms with E-state index in [1.165, 1.54) is 18.3 Å². The van der Waals surface area contributed by atoms with E-state index < -0.39 is 0 Å². The molecule has 0 unspecified atom stereocenters. The summed E-state index contributed by atoms with van der Waals surface area (Å²) in [5.74, 6) is -0.228. The van der Waals surface area contributed by atoms with Crippen LogP contribution in [0.4, 0.5) is 4.39 Å². The molecule has 10 heavy (non-hydrogen) atoms. The molecule has 2 heteroatoms. The Balaban J connectivity index is 2.78. The molecule has 0 aliphatic carbocycles. The maximum atomic E-state index is 12.3. The van der Waals surface area contributed by atoms with Gasteiger partial charge in [0.1, 0.15) is 5.82 Å². The van der Waals surface area contributed by atoms with Crippen molar-refractivity contribution < 1.29 is 4.39 Å². The van der Waals surface area contributed by atoms with Gasteiger partial charge in [0.05, 0.1) is 0 Å². The molecule has 0 saturated heterocycles. The molecular formula is C8H8FN. The Morgan fingerprint density at radius 1 is 1.30 bits per heavy atom. The molecule has 1 nitrogen and oxygen atoms in total. The molecule has 0 aliphatic rings. The van der Waals surface area contributed by atoms with Crippen LogP contribution in [0.25, 0.3) is 0 Å². The second-order valence-electron chi connectivity index (χ2n) is 2.03. The molecule has 1 N–H and O–H groups in total. The molecule has 0 heterocycles. The fraction of sp³-hybridized carbons (Fsp3) is 0.125. The summed E-state index contributed by atoms with van der Waals surface area (Å²) in [5.41, 5.74) is 0.969. The van der Waals surface area contributed by atoms with Crippen molar-refractivity contribution in [1.29, 1.82) is 5.41 Å². The van der Waals surface area contributed by atoms with Gasteiger partial charge in [0.2, 0.25) is 0 Å². The third-order valence-corrected chi connectivity index (χ3v) is 1.25. The Kier molecular flexibility index (Phi) is 2.15. The van der Waals surface area contributed by atoms with Crippen molar-refractivity contribution in [3.8, 4) is 0 Å². The van der Waals surface area contributed by atoms with Crippen LogP contribution in [0.1, 0.15) is 5.56 Å². The van der Waals surface area contributed by atoms with Crippen LogP contribution in [0.5, 0.6) is 0 Å². The van der Waals surface area contributed by atoms with Gasteiger partial charge in [-0.05, 0) is 23.9 Å². The Morgan fingerprint density at radius 2 is 1.90 bits per heavy atom. The van der Waals surface area contributed by atoms with Gasteiger partial charge in [0.15, 0.2) is 0 Å². The summed E-state index contributed by atoms with van der Waals surface area (Å²) < 4.78 is 12.3. The van der Waals surface area contributed by atoms with Gasteiger partial charge in [-0.3, -0.25) is 0 Å². The highest BCUT2D eigenvalue weighted by Gasteiger charge is 1.89. The number of hydrogen-bond donors (Lipinski definition) is 1. The van der Waals surface area contributed by atoms with Crippen LogP contribution in [0.3, 0.4) is 0 Å². The number of benzene rings is 1. The molecule has 52 valence electrons. The first kappa shape index (κ1) is 6.93. The normalized spacial score (nSPS) is 9.30. The van der Waals surface area contributed by atoms with Crippen molar-refractivity contribution in [3.63, 3.8) is 0 Å². The highest BCUT2D eigenvalue weighted by molar-refractivity contribution is 5.57. The summed E-state index contributed by atoms with van der Waals surface area (Å²) in [5, 5.41) is 6.78. The van der Waals surface area contributed by atoms with Gasteiger partial charge in [-0.25, -0.2) is 4.39 Å². The topological polar surface area (TPSA) is 23.9 Å². The smallest absolute Gasteiger partial charge is 0.123 e. The van der Waals surface area contributed by atoms with Crippen molar-refractivity contribution in [2.45, 2.75) is 6.42 Å². The van der Waals surface area contributed by atoms with Crippen LogP contribution in [-0.4, -0.2) is 6.21 Å². The van der Waals surface area contributed by atoms with Crippen LogP contribution < -0.4 is 0 Å². The predicted molar refractivity (Wildman–Crippen MR) is 38.9 cm³/mol. The molecular weight excluding hydrogens is 129 g/mol. The molecule has 0 fully saturated rings. The number of rotatable bonds is 2. The average Bonchev–Trinajstić information content (AvgIpc) is 1.95. The Bertz CT molecular complexity index is 215. The molecule has 0 aromatic heterocycles. The van der Waals surface area contributed by atoms with Crippen molar-refractivity contribution in [3.05, 3.63) is 35.6 Å². The van der Waals surface area contributed by atoms with E-state index in [2.05, 4.69) is 0 Å². The third-order valence-electron chi connectivity index (χ3n) is 1.25. The van der Waals surface area contributed by atoms with Crippen LogP contribution in [0.15, 0.2) is 24.3 Å². The molecule has 0 bridgehead atoms. The summed E-state index contributed by atoms with van der Waals surface area (Å²) in [6.07, 6.45) is 1.88. The SMILES string of the molecule is N=CCc1ccc(F)cc1. The van der Waals surface area contributed by atoms with Crippen LogP contribution in [0.2, 0.25) is 0 Å². The molecule has 0 saturated carbocycles. The van der Waals surface area contributed by atoms with Gasteiger partial charge < -0.3 is 5.41 Å². The zero-order valence-electron chi connectivity index (χ0n) is 5.47. The van der Waals surface area contributed by atoms with Gasteiger partial charge in [-0.15, -0.1) is 0 Å². The zero-order valence-corrected chi connectivity index (χ0v) is 5.47. The molecule has 0 radical (unpaired) electrons. The van der Waals surface area contributed by atoms with Crippen molar-refractivity contribution in [2.75, 3.05) is 0 Å². The first-order valence-corrected chi connectivity index (χ1v) is 3.06. The van der Waals surface area contributed by atoms with Crippen molar-refractivity contribution >= 4 is 6.21 Å². The first-order valence-electron chi connectivity index (χ1n) is 3.06. The first-order chi connectivity index (χ1) is 4.83. The van der Waals surface area contributed by atoms with E-state index in [0.717, 1.165) is 5.56 Å². The molecule has 1 aromatic rings. The Morgan fingerprint density at radius 3 is 2.40 bits per heavy atom. The molecule has 0 spiro atoms. The van der Waals surface area contributed by atoms with Gasteiger partial charge in [-0.1, -0.05) is 12.1 Å². The lowest BCUT2D eigenvalue weighted by molar-refractivity contribution is 0.627. The largest absolute Gasteiger partial charge is 0.313 e. The molecule has 0 atom stereocenters. The van der Waals surface area contributed by atoms with Crippen molar-refractivity contribution in [1.82, 2.24) is 0 Å². The maximum absolute atomic E-state index is 12.3. The standard InChI is InChI=1S/C8H8FN/c9-8-3-1-7(2-4-8)5-6-10/h1-4,6,10H,5H2. The minimum Gasteiger partial charge on any atom is -0.313 e. The fourth-order valence-electron chi connectivity index (χ4n) is 0.738. The number of nitrogens with one attached hydrogen (secondary N) is 1. The second kappa shape index (κ2) is 3.11. The minimum atomic E-state index is -0.228. The quantitative estimate of drug-likeness (QED) is 0.603. The maximum Gasteiger partial charge on any atom is 0.123 e. The lowest BCUT2D eigenvalue weighted by Crippen LogP contribution is -1.84.